The van der Waals surface area contributed by atoms with Crippen molar-refractivity contribution >= 4 is 34.8 Å². The number of hydrogen-bond donors (Lipinski definition) is 2. The molecule has 1 amide bonds. The smallest absolute Gasteiger partial charge is 0.251 e. The number of nitrogen functional groups attached to an aromatic ring is 1. The van der Waals surface area contributed by atoms with Crippen LogP contribution in [0.2, 0.25) is 10.0 Å². The minimum atomic E-state index is -0.178. The maximum Gasteiger partial charge on any atom is 0.251 e. The molecule has 0 aromatic heterocycles. The zero-order valence-corrected chi connectivity index (χ0v) is 12.7. The van der Waals surface area contributed by atoms with E-state index in [0.29, 0.717) is 27.2 Å². The van der Waals surface area contributed by atoms with Gasteiger partial charge in [-0.15, -0.1) is 0 Å². The fourth-order valence-electron chi connectivity index (χ4n) is 2.39. The highest BCUT2D eigenvalue weighted by Gasteiger charge is 2.39. The Balaban J connectivity index is 1.69. The van der Waals surface area contributed by atoms with Gasteiger partial charge in [0.15, 0.2) is 0 Å². The van der Waals surface area contributed by atoms with Crippen LogP contribution in [0.15, 0.2) is 42.5 Å². The summed E-state index contributed by atoms with van der Waals surface area (Å²) < 4.78 is 0. The van der Waals surface area contributed by atoms with E-state index in [1.807, 2.05) is 18.2 Å². The van der Waals surface area contributed by atoms with Crippen molar-refractivity contribution in [2.24, 2.45) is 0 Å². The molecule has 1 aliphatic rings. The average Bonchev–Trinajstić information content (AvgIpc) is 3.24. The van der Waals surface area contributed by atoms with Crippen molar-refractivity contribution in [2.45, 2.75) is 18.4 Å². The summed E-state index contributed by atoms with van der Waals surface area (Å²) in [6.07, 6.45) is 0.951. The molecule has 0 spiro atoms. The fraction of sp³-hybridized carbons (Fsp3) is 0.188. The Bertz CT molecular complexity index is 665. The van der Waals surface area contributed by atoms with Crippen LogP contribution in [-0.2, 0) is 0 Å². The number of carbonyl (C=O) groups excluding carboxylic acids is 1. The molecule has 0 heterocycles. The van der Waals surface area contributed by atoms with E-state index in [1.54, 1.807) is 0 Å². The molecule has 21 heavy (non-hydrogen) atoms. The standard InChI is InChI=1S/C16H14Cl2N2O/c17-12-6-10(7-13(18)15(12)19)16(21)20-14-8-11(14)9-4-2-1-3-5-9/h1-7,11,14H,8,19H2,(H,20,21). The number of nitrogens with two attached hydrogens (primary N) is 1. The molecule has 3 rings (SSSR count). The van der Waals surface area contributed by atoms with Crippen LogP contribution >= 0.6 is 23.2 Å². The highest BCUT2D eigenvalue weighted by Crippen LogP contribution is 2.40. The fourth-order valence-corrected chi connectivity index (χ4v) is 2.88. The first kappa shape index (κ1) is 14.2. The van der Waals surface area contributed by atoms with Gasteiger partial charge in [-0.05, 0) is 24.1 Å². The molecule has 0 radical (unpaired) electrons. The van der Waals surface area contributed by atoms with Crippen LogP contribution in [0.1, 0.15) is 28.3 Å². The number of benzene rings is 2. The van der Waals surface area contributed by atoms with E-state index in [4.69, 9.17) is 28.9 Å². The van der Waals surface area contributed by atoms with Gasteiger partial charge in [0.05, 0.1) is 15.7 Å². The van der Waals surface area contributed by atoms with Gasteiger partial charge < -0.3 is 11.1 Å². The van der Waals surface area contributed by atoms with Crippen LogP contribution in [0.4, 0.5) is 5.69 Å². The number of halogens is 2. The zero-order chi connectivity index (χ0) is 15.0. The second kappa shape index (κ2) is 5.58. The Morgan fingerprint density at radius 3 is 2.38 bits per heavy atom. The lowest BCUT2D eigenvalue weighted by atomic mass is 10.1. The summed E-state index contributed by atoms with van der Waals surface area (Å²) in [7, 11) is 0. The Morgan fingerprint density at radius 2 is 1.76 bits per heavy atom. The number of rotatable bonds is 3. The molecule has 5 heteroatoms. The van der Waals surface area contributed by atoms with Crippen molar-refractivity contribution in [3.8, 4) is 0 Å². The monoisotopic (exact) mass is 320 g/mol. The number of anilines is 1. The maximum atomic E-state index is 12.2. The molecule has 108 valence electrons. The molecule has 1 saturated carbocycles. The van der Waals surface area contributed by atoms with Gasteiger partial charge in [0.25, 0.3) is 5.91 Å². The van der Waals surface area contributed by atoms with E-state index >= 15 is 0 Å². The second-order valence-corrected chi connectivity index (χ2v) is 6.00. The third kappa shape index (κ3) is 2.99. The molecule has 1 aliphatic carbocycles. The molecule has 2 atom stereocenters. The van der Waals surface area contributed by atoms with E-state index in [9.17, 15) is 4.79 Å². The molecule has 0 saturated heterocycles. The molecule has 0 bridgehead atoms. The zero-order valence-electron chi connectivity index (χ0n) is 11.1. The lowest BCUT2D eigenvalue weighted by Crippen LogP contribution is -2.26. The highest BCUT2D eigenvalue weighted by molar-refractivity contribution is 6.39. The van der Waals surface area contributed by atoms with Gasteiger partial charge in [-0.3, -0.25) is 4.79 Å². The Hall–Kier alpha value is -1.71. The van der Waals surface area contributed by atoms with E-state index in [2.05, 4.69) is 17.4 Å². The lowest BCUT2D eigenvalue weighted by molar-refractivity contribution is 0.0950. The van der Waals surface area contributed by atoms with Crippen molar-refractivity contribution in [3.05, 3.63) is 63.6 Å². The first-order valence-electron chi connectivity index (χ1n) is 6.66. The van der Waals surface area contributed by atoms with Gasteiger partial charge >= 0.3 is 0 Å². The SMILES string of the molecule is Nc1c(Cl)cc(C(=O)NC2CC2c2ccccc2)cc1Cl. The minimum absolute atomic E-state index is 0.162. The quantitative estimate of drug-likeness (QED) is 0.844. The molecular formula is C16H14Cl2N2O. The van der Waals surface area contributed by atoms with Gasteiger partial charge in [0, 0.05) is 17.5 Å². The summed E-state index contributed by atoms with van der Waals surface area (Å²) in [4.78, 5) is 12.2. The van der Waals surface area contributed by atoms with Crippen molar-refractivity contribution in [1.29, 1.82) is 0 Å². The van der Waals surface area contributed by atoms with Crippen LogP contribution in [0.3, 0.4) is 0 Å². The van der Waals surface area contributed by atoms with Crippen molar-refractivity contribution in [3.63, 3.8) is 0 Å². The van der Waals surface area contributed by atoms with Crippen LogP contribution in [-0.4, -0.2) is 11.9 Å². The number of carbonyl (C=O) groups is 1. The van der Waals surface area contributed by atoms with E-state index < -0.39 is 0 Å². The Labute approximate surface area is 133 Å². The van der Waals surface area contributed by atoms with Crippen molar-refractivity contribution in [2.75, 3.05) is 5.73 Å². The molecular weight excluding hydrogens is 307 g/mol. The average molecular weight is 321 g/mol. The number of nitrogens with one attached hydrogen (secondary N) is 1. The molecule has 3 N–H and O–H groups in total. The van der Waals surface area contributed by atoms with Gasteiger partial charge in [0.1, 0.15) is 0 Å². The van der Waals surface area contributed by atoms with Crippen LogP contribution < -0.4 is 11.1 Å². The van der Waals surface area contributed by atoms with E-state index in [1.165, 1.54) is 17.7 Å². The number of amides is 1. The van der Waals surface area contributed by atoms with Gasteiger partial charge in [-0.25, -0.2) is 0 Å². The normalized spacial score (nSPS) is 20.1. The predicted octanol–water partition coefficient (Wildman–Crippen LogP) is 3.86. The molecule has 3 nitrogen and oxygen atoms in total. The topological polar surface area (TPSA) is 55.1 Å². The molecule has 0 aliphatic heterocycles. The van der Waals surface area contributed by atoms with E-state index in [0.717, 1.165) is 6.42 Å². The largest absolute Gasteiger partial charge is 0.396 e. The third-order valence-electron chi connectivity index (χ3n) is 3.68. The minimum Gasteiger partial charge on any atom is -0.396 e. The summed E-state index contributed by atoms with van der Waals surface area (Å²) in [5.41, 5.74) is 7.64. The summed E-state index contributed by atoms with van der Waals surface area (Å²) in [5.74, 6) is 0.206. The summed E-state index contributed by atoms with van der Waals surface area (Å²) >= 11 is 11.9. The van der Waals surface area contributed by atoms with Crippen LogP contribution in [0.25, 0.3) is 0 Å². The van der Waals surface area contributed by atoms with Crippen molar-refractivity contribution in [1.82, 2.24) is 5.32 Å². The first-order valence-corrected chi connectivity index (χ1v) is 7.42. The summed E-state index contributed by atoms with van der Waals surface area (Å²) in [6, 6.07) is 13.4. The number of hydrogen-bond acceptors (Lipinski definition) is 2. The molecule has 2 unspecified atom stereocenters. The van der Waals surface area contributed by atoms with Gasteiger partial charge in [0.2, 0.25) is 0 Å². The third-order valence-corrected chi connectivity index (χ3v) is 4.30. The highest BCUT2D eigenvalue weighted by atomic mass is 35.5. The molecule has 2 aromatic rings. The summed E-state index contributed by atoms with van der Waals surface area (Å²) in [5, 5.41) is 3.58. The van der Waals surface area contributed by atoms with Crippen LogP contribution in [0.5, 0.6) is 0 Å². The molecule has 1 fully saturated rings. The predicted molar refractivity (Wildman–Crippen MR) is 85.9 cm³/mol. The summed E-state index contributed by atoms with van der Waals surface area (Å²) in [6.45, 7) is 0. The maximum absolute atomic E-state index is 12.2. The van der Waals surface area contributed by atoms with Crippen LogP contribution in [0, 0.1) is 0 Å². The van der Waals surface area contributed by atoms with Gasteiger partial charge in [-0.2, -0.15) is 0 Å². The lowest BCUT2D eigenvalue weighted by Gasteiger charge is -2.08. The van der Waals surface area contributed by atoms with Crippen molar-refractivity contribution < 1.29 is 4.79 Å². The first-order chi connectivity index (χ1) is 10.1. The van der Waals surface area contributed by atoms with E-state index in [-0.39, 0.29) is 11.9 Å². The second-order valence-electron chi connectivity index (χ2n) is 5.19. The molecule has 2 aromatic carbocycles. The van der Waals surface area contributed by atoms with Gasteiger partial charge in [-0.1, -0.05) is 53.5 Å². The Kier molecular flexibility index (Phi) is 3.79. The Morgan fingerprint density at radius 1 is 1.14 bits per heavy atom.